The van der Waals surface area contributed by atoms with E-state index in [1.54, 1.807) is 14.2 Å². The molecule has 4 heteroatoms. The van der Waals surface area contributed by atoms with Gasteiger partial charge in [-0.2, -0.15) is 0 Å². The first kappa shape index (κ1) is 12.8. The molecular weight excluding hydrogens is 204 g/mol. The highest BCUT2D eigenvalue weighted by Gasteiger charge is 2.04. The van der Waals surface area contributed by atoms with Crippen LogP contribution in [0.4, 0.5) is 0 Å². The molecule has 2 N–H and O–H groups in total. The second-order valence-electron chi connectivity index (χ2n) is 3.46. The van der Waals surface area contributed by atoms with Crippen molar-refractivity contribution in [1.29, 1.82) is 0 Å². The molecule has 0 aliphatic rings. The van der Waals surface area contributed by atoms with Gasteiger partial charge in [-0.15, -0.1) is 0 Å². The maximum atomic E-state index is 5.29. The van der Waals surface area contributed by atoms with E-state index in [1.165, 1.54) is 0 Å². The van der Waals surface area contributed by atoms with Crippen LogP contribution in [-0.2, 0) is 6.54 Å². The van der Waals surface area contributed by atoms with Crippen LogP contribution < -0.4 is 20.1 Å². The molecule has 0 aromatic heterocycles. The first-order valence-corrected chi connectivity index (χ1v) is 5.38. The first-order chi connectivity index (χ1) is 7.81. The summed E-state index contributed by atoms with van der Waals surface area (Å²) in [7, 11) is 5.28. The van der Waals surface area contributed by atoms with Crippen molar-refractivity contribution in [3.8, 4) is 11.5 Å². The van der Waals surface area contributed by atoms with Crippen LogP contribution in [0.15, 0.2) is 18.2 Å². The Morgan fingerprint density at radius 2 is 1.94 bits per heavy atom. The molecule has 0 atom stereocenters. The van der Waals surface area contributed by atoms with Crippen LogP contribution >= 0.6 is 0 Å². The van der Waals surface area contributed by atoms with Gasteiger partial charge in [-0.1, -0.05) is 0 Å². The summed E-state index contributed by atoms with van der Waals surface area (Å²) in [4.78, 5) is 0. The Bertz CT molecular complexity index is 316. The fourth-order valence-electron chi connectivity index (χ4n) is 1.46. The smallest absolute Gasteiger partial charge is 0.123 e. The van der Waals surface area contributed by atoms with Gasteiger partial charge in [-0.25, -0.2) is 0 Å². The number of nitrogens with one attached hydrogen (secondary N) is 2. The Kier molecular flexibility index (Phi) is 5.67. The van der Waals surface area contributed by atoms with E-state index in [2.05, 4.69) is 10.6 Å². The molecule has 0 heterocycles. The summed E-state index contributed by atoms with van der Waals surface area (Å²) < 4.78 is 10.5. The number of likely N-dealkylation sites (N-methyl/N-ethyl adjacent to an activating group) is 1. The summed E-state index contributed by atoms with van der Waals surface area (Å²) in [6.07, 6.45) is 0. The minimum Gasteiger partial charge on any atom is -0.497 e. The van der Waals surface area contributed by atoms with Crippen molar-refractivity contribution < 1.29 is 9.47 Å². The van der Waals surface area contributed by atoms with E-state index in [0.29, 0.717) is 0 Å². The van der Waals surface area contributed by atoms with Crippen molar-refractivity contribution in [2.45, 2.75) is 6.54 Å². The van der Waals surface area contributed by atoms with E-state index < -0.39 is 0 Å². The predicted molar refractivity (Wildman–Crippen MR) is 65.2 cm³/mol. The molecule has 1 aromatic rings. The van der Waals surface area contributed by atoms with E-state index in [0.717, 1.165) is 36.7 Å². The van der Waals surface area contributed by atoms with Crippen molar-refractivity contribution in [2.75, 3.05) is 34.4 Å². The number of hydrogen-bond acceptors (Lipinski definition) is 4. The number of ether oxygens (including phenoxy) is 2. The summed E-state index contributed by atoms with van der Waals surface area (Å²) in [5.74, 6) is 1.74. The lowest BCUT2D eigenvalue weighted by Gasteiger charge is -2.11. The van der Waals surface area contributed by atoms with Crippen molar-refractivity contribution in [2.24, 2.45) is 0 Å². The lowest BCUT2D eigenvalue weighted by atomic mass is 10.2. The molecule has 0 radical (unpaired) electrons. The Morgan fingerprint density at radius 1 is 1.12 bits per heavy atom. The lowest BCUT2D eigenvalue weighted by Crippen LogP contribution is -2.24. The zero-order valence-electron chi connectivity index (χ0n) is 10.2. The molecule has 1 aromatic carbocycles. The molecule has 0 aliphatic heterocycles. The maximum Gasteiger partial charge on any atom is 0.123 e. The van der Waals surface area contributed by atoms with E-state index in [1.807, 2.05) is 25.2 Å². The third kappa shape index (κ3) is 3.72. The second-order valence-corrected chi connectivity index (χ2v) is 3.46. The van der Waals surface area contributed by atoms with Gasteiger partial charge in [0, 0.05) is 25.2 Å². The molecule has 90 valence electrons. The normalized spacial score (nSPS) is 10.2. The highest BCUT2D eigenvalue weighted by molar-refractivity contribution is 5.40. The fourth-order valence-corrected chi connectivity index (χ4v) is 1.46. The van der Waals surface area contributed by atoms with Crippen molar-refractivity contribution in [3.63, 3.8) is 0 Å². The van der Waals surface area contributed by atoms with Crippen LogP contribution in [0.2, 0.25) is 0 Å². The van der Waals surface area contributed by atoms with Gasteiger partial charge in [0.25, 0.3) is 0 Å². The fraction of sp³-hybridized carbons (Fsp3) is 0.500. The van der Waals surface area contributed by atoms with Crippen molar-refractivity contribution in [1.82, 2.24) is 10.6 Å². The topological polar surface area (TPSA) is 42.5 Å². The highest BCUT2D eigenvalue weighted by atomic mass is 16.5. The van der Waals surface area contributed by atoms with Crippen molar-refractivity contribution in [3.05, 3.63) is 23.8 Å². The van der Waals surface area contributed by atoms with Gasteiger partial charge >= 0.3 is 0 Å². The van der Waals surface area contributed by atoms with Crippen LogP contribution in [0.5, 0.6) is 11.5 Å². The Hall–Kier alpha value is -1.26. The molecule has 16 heavy (non-hydrogen) atoms. The second kappa shape index (κ2) is 7.09. The quantitative estimate of drug-likeness (QED) is 0.678. The van der Waals surface area contributed by atoms with Gasteiger partial charge in [0.1, 0.15) is 11.5 Å². The monoisotopic (exact) mass is 224 g/mol. The number of hydrogen-bond donors (Lipinski definition) is 2. The van der Waals surface area contributed by atoms with Gasteiger partial charge < -0.3 is 20.1 Å². The SMILES string of the molecule is CNCCNCc1cc(OC)ccc1OC. The van der Waals surface area contributed by atoms with Gasteiger partial charge in [0.15, 0.2) is 0 Å². The highest BCUT2D eigenvalue weighted by Crippen LogP contribution is 2.23. The van der Waals surface area contributed by atoms with E-state index >= 15 is 0 Å². The zero-order chi connectivity index (χ0) is 11.8. The molecule has 0 saturated carbocycles. The molecule has 4 nitrogen and oxygen atoms in total. The summed E-state index contributed by atoms with van der Waals surface area (Å²) in [6.45, 7) is 2.66. The average Bonchev–Trinajstić information content (AvgIpc) is 2.34. The maximum absolute atomic E-state index is 5.29. The van der Waals surface area contributed by atoms with E-state index in [-0.39, 0.29) is 0 Å². The first-order valence-electron chi connectivity index (χ1n) is 5.38. The Labute approximate surface area is 96.9 Å². The molecule has 1 rings (SSSR count). The zero-order valence-corrected chi connectivity index (χ0v) is 10.2. The Morgan fingerprint density at radius 3 is 2.56 bits per heavy atom. The van der Waals surface area contributed by atoms with Gasteiger partial charge in [0.05, 0.1) is 14.2 Å². The summed E-state index contributed by atoms with van der Waals surface area (Å²) >= 11 is 0. The standard InChI is InChI=1S/C12H20N2O2/c1-13-6-7-14-9-10-8-11(15-2)4-5-12(10)16-3/h4-5,8,13-14H,6-7,9H2,1-3H3. The van der Waals surface area contributed by atoms with E-state index in [9.17, 15) is 0 Å². The van der Waals surface area contributed by atoms with Crippen LogP contribution in [0, 0.1) is 0 Å². The Balaban J connectivity index is 2.60. The predicted octanol–water partition coefficient (Wildman–Crippen LogP) is 1.01. The van der Waals surface area contributed by atoms with Gasteiger partial charge in [0.2, 0.25) is 0 Å². The molecule has 0 saturated heterocycles. The molecule has 0 unspecified atom stereocenters. The van der Waals surface area contributed by atoms with E-state index in [4.69, 9.17) is 9.47 Å². The molecule has 0 aliphatic carbocycles. The molecule has 0 fully saturated rings. The minimum atomic E-state index is 0.780. The molecule has 0 bridgehead atoms. The third-order valence-corrected chi connectivity index (χ3v) is 2.35. The molecule has 0 amide bonds. The minimum absolute atomic E-state index is 0.780. The summed E-state index contributed by atoms with van der Waals surface area (Å²) in [5.41, 5.74) is 1.11. The number of methoxy groups -OCH3 is 2. The van der Waals surface area contributed by atoms with Crippen LogP contribution in [0.3, 0.4) is 0 Å². The summed E-state index contributed by atoms with van der Waals surface area (Å²) in [5, 5.41) is 6.42. The number of benzene rings is 1. The summed E-state index contributed by atoms with van der Waals surface area (Å²) in [6, 6.07) is 5.81. The number of rotatable bonds is 7. The molecular formula is C12H20N2O2. The average molecular weight is 224 g/mol. The van der Waals surface area contributed by atoms with Crippen LogP contribution in [0.25, 0.3) is 0 Å². The largest absolute Gasteiger partial charge is 0.497 e. The van der Waals surface area contributed by atoms with Crippen molar-refractivity contribution >= 4 is 0 Å². The molecule has 0 spiro atoms. The third-order valence-electron chi connectivity index (χ3n) is 2.35. The van der Waals surface area contributed by atoms with Gasteiger partial charge in [-0.05, 0) is 25.2 Å². The lowest BCUT2D eigenvalue weighted by molar-refractivity contribution is 0.397. The van der Waals surface area contributed by atoms with Crippen LogP contribution in [0.1, 0.15) is 5.56 Å². The van der Waals surface area contributed by atoms with Gasteiger partial charge in [-0.3, -0.25) is 0 Å². The van der Waals surface area contributed by atoms with Crippen LogP contribution in [-0.4, -0.2) is 34.4 Å².